The van der Waals surface area contributed by atoms with Gasteiger partial charge in [0.25, 0.3) is 0 Å². The molecule has 0 aliphatic rings. The lowest BCUT2D eigenvalue weighted by Gasteiger charge is -2.50. The maximum atomic E-state index is 6.65. The van der Waals surface area contributed by atoms with Crippen molar-refractivity contribution in [1.29, 1.82) is 0 Å². The van der Waals surface area contributed by atoms with Crippen molar-refractivity contribution >= 4 is 0 Å². The molecule has 0 fully saturated rings. The molecule has 0 bridgehead atoms. The molecule has 0 rings (SSSR count). The molecule has 0 radical (unpaired) electrons. The Labute approximate surface area is 154 Å². The van der Waals surface area contributed by atoms with Crippen LogP contribution in [0.2, 0.25) is 0 Å². The van der Waals surface area contributed by atoms with Crippen LogP contribution in [0.25, 0.3) is 0 Å². The van der Waals surface area contributed by atoms with Gasteiger partial charge in [-0.25, -0.2) is 0 Å². The van der Waals surface area contributed by atoms with Gasteiger partial charge in [-0.05, 0) is 47.3 Å². The Hall–Kier alpha value is -0.0400. The Bertz CT molecular complexity index is 331. The van der Waals surface area contributed by atoms with Crippen LogP contribution in [0.5, 0.6) is 0 Å². The molecule has 0 aliphatic carbocycles. The third-order valence-electron chi connectivity index (χ3n) is 6.08. The van der Waals surface area contributed by atoms with Crippen molar-refractivity contribution in [3.8, 4) is 0 Å². The van der Waals surface area contributed by atoms with Crippen LogP contribution in [0.3, 0.4) is 0 Å². The molecule has 1 nitrogen and oxygen atoms in total. The van der Waals surface area contributed by atoms with Crippen LogP contribution >= 0.6 is 0 Å². The van der Waals surface area contributed by atoms with Crippen molar-refractivity contribution in [3.63, 3.8) is 0 Å². The van der Waals surface area contributed by atoms with Crippen LogP contribution in [0.15, 0.2) is 0 Å². The Morgan fingerprint density at radius 2 is 1.42 bits per heavy atom. The molecule has 0 saturated carbocycles. The first kappa shape index (κ1) is 24.0. The van der Waals surface area contributed by atoms with Crippen LogP contribution < -0.4 is 0 Å². The summed E-state index contributed by atoms with van der Waals surface area (Å²) in [5, 5.41) is 0. The van der Waals surface area contributed by atoms with Gasteiger partial charge in [-0.2, -0.15) is 0 Å². The van der Waals surface area contributed by atoms with Crippen molar-refractivity contribution in [2.24, 2.45) is 28.1 Å². The monoisotopic (exact) mass is 340 g/mol. The molecule has 3 unspecified atom stereocenters. The molecule has 0 amide bonds. The predicted octanol–water partition coefficient (Wildman–Crippen LogP) is 7.73. The van der Waals surface area contributed by atoms with Crippen LogP contribution in [0, 0.1) is 28.1 Å². The van der Waals surface area contributed by atoms with E-state index in [2.05, 4.69) is 76.2 Å². The number of unbranched alkanes of at least 4 members (excludes halogenated alkanes) is 1. The first-order valence-electron chi connectivity index (χ1n) is 10.4. The molecule has 0 aromatic rings. The molecule has 0 spiro atoms. The molecule has 1 heteroatoms. The Kier molecular flexibility index (Phi) is 9.58. The average molecular weight is 341 g/mol. The molecule has 0 heterocycles. The van der Waals surface area contributed by atoms with E-state index in [0.717, 1.165) is 13.0 Å². The fourth-order valence-electron chi connectivity index (χ4n) is 4.03. The lowest BCUT2D eigenvalue weighted by atomic mass is 9.58. The lowest BCUT2D eigenvalue weighted by Crippen LogP contribution is -2.47. The molecule has 0 aromatic carbocycles. The third-order valence-corrected chi connectivity index (χ3v) is 6.08. The molecule has 3 atom stereocenters. The minimum absolute atomic E-state index is 0.187. The van der Waals surface area contributed by atoms with Gasteiger partial charge < -0.3 is 4.74 Å². The van der Waals surface area contributed by atoms with Gasteiger partial charge >= 0.3 is 0 Å². The number of hydrogen-bond donors (Lipinski definition) is 0. The first-order chi connectivity index (χ1) is 10.8. The largest absolute Gasteiger partial charge is 0.377 e. The van der Waals surface area contributed by atoms with Crippen molar-refractivity contribution in [3.05, 3.63) is 0 Å². The average Bonchev–Trinajstić information content (AvgIpc) is 2.39. The van der Waals surface area contributed by atoms with E-state index < -0.39 is 0 Å². The summed E-state index contributed by atoms with van der Waals surface area (Å²) < 4.78 is 6.65. The highest BCUT2D eigenvalue weighted by atomic mass is 16.5. The SMILES string of the molecule is CCCCC(COC(CC)C(C)(CC(C)(C)C)C(C)(C)C)C(C)C. The summed E-state index contributed by atoms with van der Waals surface area (Å²) in [5.41, 5.74) is 0.739. The van der Waals surface area contributed by atoms with E-state index in [4.69, 9.17) is 4.74 Å². The summed E-state index contributed by atoms with van der Waals surface area (Å²) >= 11 is 0. The van der Waals surface area contributed by atoms with Crippen molar-refractivity contribution in [2.45, 2.75) is 114 Å². The molecule has 0 aliphatic heterocycles. The minimum atomic E-state index is 0.187. The van der Waals surface area contributed by atoms with Gasteiger partial charge in [-0.3, -0.25) is 0 Å². The van der Waals surface area contributed by atoms with Crippen LogP contribution in [0.4, 0.5) is 0 Å². The molecule has 0 saturated heterocycles. The molecule has 146 valence electrons. The van der Waals surface area contributed by atoms with Crippen LogP contribution in [0.1, 0.15) is 108 Å². The zero-order valence-corrected chi connectivity index (χ0v) is 18.9. The summed E-state index contributed by atoms with van der Waals surface area (Å²) in [6.45, 7) is 26.9. The van der Waals surface area contributed by atoms with Crippen molar-refractivity contribution < 1.29 is 4.74 Å². The molecule has 0 aromatic heterocycles. The Morgan fingerprint density at radius 3 is 1.75 bits per heavy atom. The highest BCUT2D eigenvalue weighted by Crippen LogP contribution is 2.50. The Balaban J connectivity index is 5.22. The standard InChI is InChI=1S/C23H48O/c1-12-14-15-19(18(3)4)16-24-20(13-2)23(11,22(8,9)10)17-21(5,6)7/h18-20H,12-17H2,1-11H3. The summed E-state index contributed by atoms with van der Waals surface area (Å²) in [7, 11) is 0. The zero-order chi connectivity index (χ0) is 19.2. The Morgan fingerprint density at radius 1 is 0.875 bits per heavy atom. The third kappa shape index (κ3) is 7.46. The second kappa shape index (κ2) is 9.60. The number of ether oxygens (including phenoxy) is 1. The molecule has 0 N–H and O–H groups in total. The quantitative estimate of drug-likeness (QED) is 0.395. The van der Waals surface area contributed by atoms with E-state index in [9.17, 15) is 0 Å². The first-order valence-corrected chi connectivity index (χ1v) is 10.4. The van der Waals surface area contributed by atoms with Gasteiger partial charge in [0.15, 0.2) is 0 Å². The number of rotatable bonds is 10. The highest BCUT2D eigenvalue weighted by Gasteiger charge is 2.46. The molecular weight excluding hydrogens is 292 g/mol. The second-order valence-electron chi connectivity index (χ2n) is 10.8. The second-order valence-corrected chi connectivity index (χ2v) is 10.8. The minimum Gasteiger partial charge on any atom is -0.377 e. The summed E-state index contributed by atoms with van der Waals surface area (Å²) in [5.74, 6) is 1.40. The summed E-state index contributed by atoms with van der Waals surface area (Å²) in [6, 6.07) is 0. The maximum Gasteiger partial charge on any atom is 0.0631 e. The summed E-state index contributed by atoms with van der Waals surface area (Å²) in [6.07, 6.45) is 6.53. The van der Waals surface area contributed by atoms with E-state index in [0.29, 0.717) is 23.4 Å². The number of hydrogen-bond acceptors (Lipinski definition) is 1. The van der Waals surface area contributed by atoms with E-state index in [1.165, 1.54) is 25.7 Å². The fourth-order valence-corrected chi connectivity index (χ4v) is 4.03. The lowest BCUT2D eigenvalue weighted by molar-refractivity contribution is -0.116. The van der Waals surface area contributed by atoms with Crippen molar-refractivity contribution in [2.75, 3.05) is 6.61 Å². The van der Waals surface area contributed by atoms with Crippen LogP contribution in [-0.2, 0) is 4.74 Å². The van der Waals surface area contributed by atoms with Gasteiger partial charge in [0.2, 0.25) is 0 Å². The molecule has 24 heavy (non-hydrogen) atoms. The van der Waals surface area contributed by atoms with Crippen molar-refractivity contribution in [1.82, 2.24) is 0 Å². The fraction of sp³-hybridized carbons (Fsp3) is 1.00. The molecular formula is C23H48O. The zero-order valence-electron chi connectivity index (χ0n) is 18.9. The van der Waals surface area contributed by atoms with Crippen LogP contribution in [-0.4, -0.2) is 12.7 Å². The smallest absolute Gasteiger partial charge is 0.0631 e. The van der Waals surface area contributed by atoms with E-state index in [-0.39, 0.29) is 10.8 Å². The topological polar surface area (TPSA) is 9.23 Å². The maximum absolute atomic E-state index is 6.65. The van der Waals surface area contributed by atoms with E-state index in [1.54, 1.807) is 0 Å². The summed E-state index contributed by atoms with van der Waals surface area (Å²) in [4.78, 5) is 0. The van der Waals surface area contributed by atoms with Gasteiger partial charge in [0.1, 0.15) is 0 Å². The normalized spacial score (nSPS) is 18.5. The van der Waals surface area contributed by atoms with E-state index >= 15 is 0 Å². The van der Waals surface area contributed by atoms with Gasteiger partial charge in [0, 0.05) is 0 Å². The van der Waals surface area contributed by atoms with E-state index in [1.807, 2.05) is 0 Å². The van der Waals surface area contributed by atoms with Gasteiger partial charge in [0.05, 0.1) is 12.7 Å². The predicted molar refractivity (Wildman–Crippen MR) is 110 cm³/mol. The van der Waals surface area contributed by atoms with Gasteiger partial charge in [-0.15, -0.1) is 0 Å². The van der Waals surface area contributed by atoms with Gasteiger partial charge in [-0.1, -0.05) is 89.0 Å². The highest BCUT2D eigenvalue weighted by molar-refractivity contribution is 4.95.